The molecule has 0 rings (SSSR count). The van der Waals surface area contributed by atoms with Gasteiger partial charge in [0, 0.05) is 6.92 Å². The number of esters is 1. The van der Waals surface area contributed by atoms with Crippen molar-refractivity contribution in [3.05, 3.63) is 12.2 Å². The molecule has 0 aliphatic rings. The Morgan fingerprint density at radius 1 is 1.07 bits per heavy atom. The molecule has 0 saturated heterocycles. The Labute approximate surface area is 93.7 Å². The highest BCUT2D eigenvalue weighted by Gasteiger charge is 1.91. The predicted octanol–water partition coefficient (Wildman–Crippen LogP) is 3.86. The zero-order chi connectivity index (χ0) is 11.4. The lowest BCUT2D eigenvalue weighted by molar-refractivity contribution is -0.141. The molecule has 0 aliphatic carbocycles. The Morgan fingerprint density at radius 3 is 2.20 bits per heavy atom. The van der Waals surface area contributed by atoms with Crippen molar-refractivity contribution in [2.24, 2.45) is 0 Å². The van der Waals surface area contributed by atoms with Crippen LogP contribution in [0.15, 0.2) is 12.2 Å². The van der Waals surface area contributed by atoms with Gasteiger partial charge in [0.1, 0.15) is 0 Å². The molecular formula is C13H24O2. The summed E-state index contributed by atoms with van der Waals surface area (Å²) in [4.78, 5) is 10.4. The Kier molecular flexibility index (Phi) is 10.7. The van der Waals surface area contributed by atoms with Crippen molar-refractivity contribution in [2.45, 2.75) is 58.8 Å². The molecule has 0 fully saturated rings. The maximum absolute atomic E-state index is 10.4. The molecule has 2 nitrogen and oxygen atoms in total. The molecular weight excluding hydrogens is 188 g/mol. The van der Waals surface area contributed by atoms with Crippen LogP contribution in [0.4, 0.5) is 0 Å². The van der Waals surface area contributed by atoms with Crippen molar-refractivity contribution >= 4 is 5.97 Å². The lowest BCUT2D eigenvalue weighted by Gasteiger charge is -1.99. The maximum atomic E-state index is 10.4. The van der Waals surface area contributed by atoms with Crippen LogP contribution < -0.4 is 0 Å². The largest absolute Gasteiger partial charge is 0.466 e. The van der Waals surface area contributed by atoms with Crippen LogP contribution in [0.5, 0.6) is 0 Å². The summed E-state index contributed by atoms with van der Waals surface area (Å²) in [6.45, 7) is 4.24. The summed E-state index contributed by atoms with van der Waals surface area (Å²) in [5, 5.41) is 0. The maximum Gasteiger partial charge on any atom is 0.302 e. The first-order valence-electron chi connectivity index (χ1n) is 6.05. The zero-order valence-electron chi connectivity index (χ0n) is 10.1. The molecule has 88 valence electrons. The molecule has 2 heteroatoms. The molecule has 0 aromatic heterocycles. The summed E-state index contributed by atoms with van der Waals surface area (Å²) in [5.41, 5.74) is 0. The van der Waals surface area contributed by atoms with Crippen molar-refractivity contribution in [2.75, 3.05) is 6.61 Å². The number of unbranched alkanes of at least 4 members (excludes halogenated alkanes) is 5. The first-order valence-corrected chi connectivity index (χ1v) is 6.05. The molecule has 0 spiro atoms. The normalized spacial score (nSPS) is 10.8. The third-order valence-electron chi connectivity index (χ3n) is 2.21. The van der Waals surface area contributed by atoms with Crippen molar-refractivity contribution in [1.29, 1.82) is 0 Å². The number of allylic oxidation sites excluding steroid dienone is 2. The monoisotopic (exact) mass is 212 g/mol. The van der Waals surface area contributed by atoms with E-state index in [4.69, 9.17) is 4.74 Å². The van der Waals surface area contributed by atoms with E-state index < -0.39 is 0 Å². The fourth-order valence-electron chi connectivity index (χ4n) is 1.33. The molecule has 0 amide bonds. The Hall–Kier alpha value is -0.790. The van der Waals surface area contributed by atoms with Gasteiger partial charge < -0.3 is 4.74 Å². The van der Waals surface area contributed by atoms with E-state index in [9.17, 15) is 4.79 Å². The second-order valence-electron chi connectivity index (χ2n) is 3.80. The molecule has 0 N–H and O–H groups in total. The van der Waals surface area contributed by atoms with Gasteiger partial charge in [0.25, 0.3) is 0 Å². The van der Waals surface area contributed by atoms with Gasteiger partial charge in [-0.1, -0.05) is 31.9 Å². The first-order chi connectivity index (χ1) is 7.27. The third kappa shape index (κ3) is 13.2. The molecule has 0 atom stereocenters. The van der Waals surface area contributed by atoms with Gasteiger partial charge in [-0.2, -0.15) is 0 Å². The highest BCUT2D eigenvalue weighted by atomic mass is 16.5. The number of rotatable bonds is 9. The minimum absolute atomic E-state index is 0.176. The zero-order valence-corrected chi connectivity index (χ0v) is 10.1. The average Bonchev–Trinajstić information content (AvgIpc) is 2.20. The van der Waals surface area contributed by atoms with Gasteiger partial charge in [0.15, 0.2) is 0 Å². The summed E-state index contributed by atoms with van der Waals surface area (Å²) in [6.07, 6.45) is 12.8. The van der Waals surface area contributed by atoms with Gasteiger partial charge in [0.2, 0.25) is 0 Å². The number of hydrogen-bond donors (Lipinski definition) is 0. The van der Waals surface area contributed by atoms with Gasteiger partial charge in [-0.05, 0) is 32.1 Å². The lowest BCUT2D eigenvalue weighted by Crippen LogP contribution is -1.99. The van der Waals surface area contributed by atoms with E-state index in [1.165, 1.54) is 32.6 Å². The Balaban J connectivity index is 3.06. The number of hydrogen-bond acceptors (Lipinski definition) is 2. The molecule has 0 bridgehead atoms. The van der Waals surface area contributed by atoms with E-state index in [0.717, 1.165) is 19.3 Å². The minimum atomic E-state index is -0.176. The molecule has 0 aromatic carbocycles. The summed E-state index contributed by atoms with van der Waals surface area (Å²) in [5.74, 6) is -0.176. The molecule has 0 aliphatic heterocycles. The van der Waals surface area contributed by atoms with Crippen LogP contribution >= 0.6 is 0 Å². The summed E-state index contributed by atoms with van der Waals surface area (Å²) >= 11 is 0. The third-order valence-corrected chi connectivity index (χ3v) is 2.21. The average molecular weight is 212 g/mol. The van der Waals surface area contributed by atoms with Crippen LogP contribution in [0.1, 0.15) is 58.8 Å². The van der Waals surface area contributed by atoms with E-state index >= 15 is 0 Å². The molecule has 0 radical (unpaired) electrons. The second-order valence-corrected chi connectivity index (χ2v) is 3.80. The van der Waals surface area contributed by atoms with E-state index in [0.29, 0.717) is 6.61 Å². The van der Waals surface area contributed by atoms with Crippen molar-refractivity contribution < 1.29 is 9.53 Å². The summed E-state index contributed by atoms with van der Waals surface area (Å²) in [6, 6.07) is 0. The van der Waals surface area contributed by atoms with Crippen LogP contribution in [0.2, 0.25) is 0 Å². The van der Waals surface area contributed by atoms with E-state index in [-0.39, 0.29) is 5.97 Å². The quantitative estimate of drug-likeness (QED) is 0.329. The van der Waals surface area contributed by atoms with Gasteiger partial charge in [0.05, 0.1) is 6.61 Å². The van der Waals surface area contributed by atoms with E-state index in [1.807, 2.05) is 0 Å². The smallest absolute Gasteiger partial charge is 0.302 e. The topological polar surface area (TPSA) is 26.3 Å². The summed E-state index contributed by atoms with van der Waals surface area (Å²) in [7, 11) is 0. The van der Waals surface area contributed by atoms with Crippen LogP contribution in [0.25, 0.3) is 0 Å². The molecule has 15 heavy (non-hydrogen) atoms. The van der Waals surface area contributed by atoms with Crippen LogP contribution in [-0.2, 0) is 9.53 Å². The first kappa shape index (κ1) is 14.2. The highest BCUT2D eigenvalue weighted by molar-refractivity contribution is 5.65. The van der Waals surface area contributed by atoms with Crippen molar-refractivity contribution in [3.63, 3.8) is 0 Å². The second kappa shape index (κ2) is 11.3. The van der Waals surface area contributed by atoms with Crippen LogP contribution in [0.3, 0.4) is 0 Å². The SMILES string of the molecule is CCCCCC=CCCCCOC(C)=O. The van der Waals surface area contributed by atoms with E-state index in [2.05, 4.69) is 19.1 Å². The van der Waals surface area contributed by atoms with Gasteiger partial charge in [-0.25, -0.2) is 0 Å². The summed E-state index contributed by atoms with van der Waals surface area (Å²) < 4.78 is 4.84. The lowest BCUT2D eigenvalue weighted by atomic mass is 10.2. The van der Waals surface area contributed by atoms with Crippen LogP contribution in [-0.4, -0.2) is 12.6 Å². The molecule has 0 unspecified atom stereocenters. The van der Waals surface area contributed by atoms with Gasteiger partial charge in [-0.15, -0.1) is 0 Å². The fraction of sp³-hybridized carbons (Fsp3) is 0.769. The van der Waals surface area contributed by atoms with Gasteiger partial charge in [-0.3, -0.25) is 4.79 Å². The van der Waals surface area contributed by atoms with Crippen LogP contribution in [0, 0.1) is 0 Å². The van der Waals surface area contributed by atoms with E-state index in [1.54, 1.807) is 0 Å². The van der Waals surface area contributed by atoms with Gasteiger partial charge >= 0.3 is 5.97 Å². The number of carbonyl (C=O) groups excluding carboxylic acids is 1. The predicted molar refractivity (Wildman–Crippen MR) is 63.8 cm³/mol. The highest BCUT2D eigenvalue weighted by Crippen LogP contribution is 2.02. The molecule has 0 heterocycles. The van der Waals surface area contributed by atoms with Crippen molar-refractivity contribution in [3.8, 4) is 0 Å². The minimum Gasteiger partial charge on any atom is -0.466 e. The Bertz CT molecular complexity index is 173. The standard InChI is InChI=1S/C13H24O2/c1-3-4-5-6-7-8-9-10-11-12-15-13(2)14/h7-8H,3-6,9-12H2,1-2H3. The molecule has 0 aromatic rings. The van der Waals surface area contributed by atoms with Crippen molar-refractivity contribution in [1.82, 2.24) is 0 Å². The number of ether oxygens (including phenoxy) is 1. The fourth-order valence-corrected chi connectivity index (χ4v) is 1.33. The Morgan fingerprint density at radius 2 is 1.67 bits per heavy atom. The molecule has 0 saturated carbocycles. The number of carbonyl (C=O) groups is 1.